The minimum atomic E-state index is -0.143. The van der Waals surface area contributed by atoms with Crippen LogP contribution in [0, 0.1) is 5.92 Å². The standard InChI is InChI=1S/C25H22N2O3S2/c1-14-6-8-16-21(12-14)32-25(22(16)24-26-17-4-2-3-5-20(17)31-24)27-23(28)15-7-9-18-19(13-15)30-11-10-29-18/h2-5,7,9,13-14H,6,8,10-12H2,1H3,(H,27,28). The lowest BCUT2D eigenvalue weighted by molar-refractivity contribution is 0.102. The van der Waals surface area contributed by atoms with Gasteiger partial charge in [0.2, 0.25) is 0 Å². The monoisotopic (exact) mass is 462 g/mol. The summed E-state index contributed by atoms with van der Waals surface area (Å²) < 4.78 is 12.4. The van der Waals surface area contributed by atoms with Crippen LogP contribution >= 0.6 is 22.7 Å². The zero-order valence-corrected chi connectivity index (χ0v) is 19.3. The van der Waals surface area contributed by atoms with Gasteiger partial charge in [-0.2, -0.15) is 0 Å². The Balaban J connectivity index is 1.40. The first-order valence-electron chi connectivity index (χ1n) is 10.9. The third kappa shape index (κ3) is 3.45. The van der Waals surface area contributed by atoms with Gasteiger partial charge in [0.1, 0.15) is 23.2 Å². The summed E-state index contributed by atoms with van der Waals surface area (Å²) in [5.74, 6) is 1.82. The fourth-order valence-electron chi connectivity index (χ4n) is 4.40. The predicted octanol–water partition coefficient (Wildman–Crippen LogP) is 6.17. The van der Waals surface area contributed by atoms with Crippen molar-refractivity contribution in [1.82, 2.24) is 4.98 Å². The SMILES string of the molecule is CC1CCc2c(sc(NC(=O)c3ccc4c(c3)OCCO4)c2-c2nc3ccccc3s2)C1. The number of hydrogen-bond acceptors (Lipinski definition) is 6. The molecule has 4 aromatic rings. The number of aromatic nitrogens is 1. The molecule has 1 atom stereocenters. The van der Waals surface area contributed by atoms with Gasteiger partial charge in [0.25, 0.3) is 5.91 Å². The van der Waals surface area contributed by atoms with Gasteiger partial charge in [-0.15, -0.1) is 22.7 Å². The lowest BCUT2D eigenvalue weighted by Gasteiger charge is -2.18. The Labute approximate surface area is 194 Å². The van der Waals surface area contributed by atoms with E-state index in [4.69, 9.17) is 14.5 Å². The Morgan fingerprint density at radius 1 is 1.09 bits per heavy atom. The first-order valence-corrected chi connectivity index (χ1v) is 12.5. The molecule has 1 aliphatic carbocycles. The maximum Gasteiger partial charge on any atom is 0.256 e. The summed E-state index contributed by atoms with van der Waals surface area (Å²) in [6.07, 6.45) is 3.24. The lowest BCUT2D eigenvalue weighted by atomic mass is 9.88. The van der Waals surface area contributed by atoms with Crippen molar-refractivity contribution in [3.8, 4) is 22.1 Å². The van der Waals surface area contributed by atoms with E-state index in [0.717, 1.165) is 45.1 Å². The molecule has 0 radical (unpaired) electrons. The van der Waals surface area contributed by atoms with E-state index in [1.54, 1.807) is 40.9 Å². The highest BCUT2D eigenvalue weighted by molar-refractivity contribution is 7.23. The van der Waals surface area contributed by atoms with Gasteiger partial charge in [-0.1, -0.05) is 19.1 Å². The van der Waals surface area contributed by atoms with Crippen molar-refractivity contribution in [3.63, 3.8) is 0 Å². The summed E-state index contributed by atoms with van der Waals surface area (Å²) in [4.78, 5) is 19.5. The number of para-hydroxylation sites is 1. The van der Waals surface area contributed by atoms with Crippen molar-refractivity contribution in [2.45, 2.75) is 26.2 Å². The molecule has 1 aliphatic heterocycles. The van der Waals surface area contributed by atoms with Crippen LogP contribution < -0.4 is 14.8 Å². The van der Waals surface area contributed by atoms with Crippen LogP contribution in [0.2, 0.25) is 0 Å². The average Bonchev–Trinajstić information content (AvgIpc) is 3.38. The van der Waals surface area contributed by atoms with E-state index in [0.29, 0.717) is 36.2 Å². The summed E-state index contributed by atoms with van der Waals surface area (Å²) in [5, 5.41) is 5.07. The molecule has 5 nitrogen and oxygen atoms in total. The topological polar surface area (TPSA) is 60.5 Å². The van der Waals surface area contributed by atoms with Gasteiger partial charge in [0, 0.05) is 16.0 Å². The molecule has 0 spiro atoms. The number of carbonyl (C=O) groups is 1. The van der Waals surface area contributed by atoms with E-state index < -0.39 is 0 Å². The largest absolute Gasteiger partial charge is 0.486 e. The number of rotatable bonds is 3. The molecule has 7 heteroatoms. The van der Waals surface area contributed by atoms with Gasteiger partial charge in [0.15, 0.2) is 11.5 Å². The number of ether oxygens (including phenoxy) is 2. The maximum atomic E-state index is 13.2. The van der Waals surface area contributed by atoms with Crippen molar-refractivity contribution in [3.05, 3.63) is 58.5 Å². The van der Waals surface area contributed by atoms with E-state index in [9.17, 15) is 4.79 Å². The van der Waals surface area contributed by atoms with Crippen LogP contribution in [0.1, 0.15) is 34.1 Å². The Morgan fingerprint density at radius 2 is 1.94 bits per heavy atom. The summed E-state index contributed by atoms with van der Waals surface area (Å²) in [6, 6.07) is 13.6. The molecule has 0 bridgehead atoms. The van der Waals surface area contributed by atoms with Crippen LogP contribution in [0.15, 0.2) is 42.5 Å². The molecule has 2 aromatic heterocycles. The van der Waals surface area contributed by atoms with Crippen LogP contribution in [-0.4, -0.2) is 24.1 Å². The zero-order chi connectivity index (χ0) is 21.7. The molecular weight excluding hydrogens is 440 g/mol. The molecule has 6 rings (SSSR count). The van der Waals surface area contributed by atoms with Crippen molar-refractivity contribution >= 4 is 43.8 Å². The third-order valence-corrected chi connectivity index (χ3v) is 8.27. The second-order valence-corrected chi connectivity index (χ2v) is 10.5. The number of thiophene rings is 1. The molecule has 0 fully saturated rings. The van der Waals surface area contributed by atoms with Crippen molar-refractivity contribution < 1.29 is 14.3 Å². The molecule has 1 unspecified atom stereocenters. The lowest BCUT2D eigenvalue weighted by Crippen LogP contribution is -2.17. The van der Waals surface area contributed by atoms with E-state index in [1.807, 2.05) is 18.2 Å². The van der Waals surface area contributed by atoms with Crippen LogP contribution in [-0.2, 0) is 12.8 Å². The van der Waals surface area contributed by atoms with Crippen molar-refractivity contribution in [1.29, 1.82) is 0 Å². The van der Waals surface area contributed by atoms with Crippen LogP contribution in [0.25, 0.3) is 20.8 Å². The van der Waals surface area contributed by atoms with Crippen molar-refractivity contribution in [2.24, 2.45) is 5.92 Å². The number of nitrogens with one attached hydrogen (secondary N) is 1. The van der Waals surface area contributed by atoms with Crippen LogP contribution in [0.5, 0.6) is 11.5 Å². The number of hydrogen-bond donors (Lipinski definition) is 1. The molecule has 1 amide bonds. The van der Waals surface area contributed by atoms with Crippen molar-refractivity contribution in [2.75, 3.05) is 18.5 Å². The number of fused-ring (bicyclic) bond motifs is 3. The fourth-order valence-corrected chi connectivity index (χ4v) is 6.92. The highest BCUT2D eigenvalue weighted by atomic mass is 32.1. The van der Waals surface area contributed by atoms with Gasteiger partial charge >= 0.3 is 0 Å². The summed E-state index contributed by atoms with van der Waals surface area (Å²) >= 11 is 3.39. The van der Waals surface area contributed by atoms with E-state index in [-0.39, 0.29) is 5.91 Å². The molecule has 2 aliphatic rings. The molecule has 0 saturated carbocycles. The molecular formula is C25H22N2O3S2. The van der Waals surface area contributed by atoms with E-state index in [1.165, 1.54) is 10.4 Å². The molecule has 1 N–H and O–H groups in total. The van der Waals surface area contributed by atoms with Gasteiger partial charge < -0.3 is 14.8 Å². The van der Waals surface area contributed by atoms with Gasteiger partial charge in [-0.05, 0) is 61.1 Å². The minimum absolute atomic E-state index is 0.143. The second kappa shape index (κ2) is 7.90. The zero-order valence-electron chi connectivity index (χ0n) is 17.6. The fraction of sp³-hybridized carbons (Fsp3) is 0.280. The number of amides is 1. The molecule has 3 heterocycles. The maximum absolute atomic E-state index is 13.2. The number of benzene rings is 2. The summed E-state index contributed by atoms with van der Waals surface area (Å²) in [5.41, 5.74) is 4.01. The normalized spacial score (nSPS) is 17.2. The highest BCUT2D eigenvalue weighted by Gasteiger charge is 2.27. The van der Waals surface area contributed by atoms with Gasteiger partial charge in [-0.3, -0.25) is 4.79 Å². The second-order valence-electron chi connectivity index (χ2n) is 8.36. The molecule has 32 heavy (non-hydrogen) atoms. The van der Waals surface area contributed by atoms with E-state index >= 15 is 0 Å². The number of anilines is 1. The first kappa shape index (κ1) is 19.8. The number of nitrogens with zero attached hydrogens (tertiary/aromatic N) is 1. The Kier molecular flexibility index (Phi) is 4.88. The quantitative estimate of drug-likeness (QED) is 0.395. The molecule has 162 valence electrons. The van der Waals surface area contributed by atoms with Gasteiger partial charge in [-0.25, -0.2) is 4.98 Å². The number of thiazole rings is 1. The third-order valence-electron chi connectivity index (χ3n) is 6.05. The average molecular weight is 463 g/mol. The highest BCUT2D eigenvalue weighted by Crippen LogP contribution is 2.47. The van der Waals surface area contributed by atoms with Crippen LogP contribution in [0.4, 0.5) is 5.00 Å². The predicted molar refractivity (Wildman–Crippen MR) is 130 cm³/mol. The summed E-state index contributed by atoms with van der Waals surface area (Å²) in [6.45, 7) is 3.33. The Bertz CT molecular complexity index is 1310. The number of carbonyl (C=O) groups excluding carboxylic acids is 1. The molecule has 2 aromatic carbocycles. The van der Waals surface area contributed by atoms with Gasteiger partial charge in [0.05, 0.1) is 10.2 Å². The Morgan fingerprint density at radius 3 is 2.81 bits per heavy atom. The smallest absolute Gasteiger partial charge is 0.256 e. The van der Waals surface area contributed by atoms with Crippen LogP contribution in [0.3, 0.4) is 0 Å². The Hall–Kier alpha value is -2.90. The first-order chi connectivity index (χ1) is 15.7. The molecule has 0 saturated heterocycles. The van der Waals surface area contributed by atoms with E-state index in [2.05, 4.69) is 18.3 Å². The minimum Gasteiger partial charge on any atom is -0.486 e. The summed E-state index contributed by atoms with van der Waals surface area (Å²) in [7, 11) is 0.